The lowest BCUT2D eigenvalue weighted by Crippen LogP contribution is -2.51. The number of hydrogen-bond donors (Lipinski definition) is 2. The Morgan fingerprint density at radius 2 is 1.88 bits per heavy atom. The summed E-state index contributed by atoms with van der Waals surface area (Å²) in [6.45, 7) is 4.75. The maximum atomic E-state index is 12.2. The van der Waals surface area contributed by atoms with Gasteiger partial charge in [-0.05, 0) is 32.9 Å². The van der Waals surface area contributed by atoms with Crippen LogP contribution < -0.4 is 5.73 Å². The molecule has 0 aliphatic rings. The SMILES string of the molecule is Cc1ccc(S(=O)C(C)[C@@](C)(O)C(N)=O)cc1. The molecule has 4 nitrogen and oxygen atoms in total. The van der Waals surface area contributed by atoms with E-state index in [0.29, 0.717) is 4.90 Å². The average Bonchev–Trinajstić information content (AvgIpc) is 2.27. The standard InChI is InChI=1S/C12H17NO3S/c1-8-4-6-10(7-5-8)17(16)9(2)12(3,15)11(13)14/h4-7,9,15H,1-3H3,(H2,13,14)/t9?,12-,17?/m1/s1. The molecule has 1 rings (SSSR count). The Morgan fingerprint density at radius 3 is 2.29 bits per heavy atom. The molecule has 1 amide bonds. The normalized spacial score (nSPS) is 18.1. The van der Waals surface area contributed by atoms with Crippen molar-refractivity contribution in [1.29, 1.82) is 0 Å². The summed E-state index contributed by atoms with van der Waals surface area (Å²) in [5.74, 6) is -0.870. The van der Waals surface area contributed by atoms with Gasteiger partial charge in [0.2, 0.25) is 5.91 Å². The molecule has 0 radical (unpaired) electrons. The summed E-state index contributed by atoms with van der Waals surface area (Å²) >= 11 is 0. The van der Waals surface area contributed by atoms with Gasteiger partial charge in [-0.2, -0.15) is 0 Å². The fourth-order valence-corrected chi connectivity index (χ4v) is 2.63. The number of benzene rings is 1. The van der Waals surface area contributed by atoms with Crippen molar-refractivity contribution in [2.24, 2.45) is 5.73 Å². The predicted molar refractivity (Wildman–Crippen MR) is 66.9 cm³/mol. The second-order valence-electron chi connectivity index (χ2n) is 4.26. The predicted octanol–water partition coefficient (Wildman–Crippen LogP) is 0.727. The number of aryl methyl sites for hydroxylation is 1. The Kier molecular flexibility index (Phi) is 4.06. The van der Waals surface area contributed by atoms with E-state index in [9.17, 15) is 14.1 Å². The summed E-state index contributed by atoms with van der Waals surface area (Å²) in [7, 11) is -1.48. The number of carbonyl (C=O) groups excluding carboxylic acids is 1. The number of amides is 1. The van der Waals surface area contributed by atoms with E-state index in [4.69, 9.17) is 5.73 Å². The number of rotatable bonds is 4. The van der Waals surface area contributed by atoms with E-state index in [0.717, 1.165) is 5.56 Å². The van der Waals surface area contributed by atoms with Crippen LogP contribution in [0, 0.1) is 6.92 Å². The Balaban J connectivity index is 2.98. The molecule has 0 saturated heterocycles. The lowest BCUT2D eigenvalue weighted by molar-refractivity contribution is -0.134. The van der Waals surface area contributed by atoms with Crippen molar-refractivity contribution in [2.45, 2.75) is 36.5 Å². The molecule has 1 aromatic rings. The van der Waals surface area contributed by atoms with Gasteiger partial charge in [0.15, 0.2) is 5.60 Å². The maximum absolute atomic E-state index is 12.2. The maximum Gasteiger partial charge on any atom is 0.250 e. The van der Waals surface area contributed by atoms with Crippen LogP contribution in [0.25, 0.3) is 0 Å². The zero-order valence-electron chi connectivity index (χ0n) is 10.1. The van der Waals surface area contributed by atoms with Crippen molar-refractivity contribution < 1.29 is 14.1 Å². The summed E-state index contributed by atoms with van der Waals surface area (Å²) in [6.07, 6.45) is 0. The van der Waals surface area contributed by atoms with Crippen LogP contribution in [0.2, 0.25) is 0 Å². The molecule has 0 saturated carbocycles. The molecule has 0 aromatic heterocycles. The molecule has 0 bridgehead atoms. The fraction of sp³-hybridized carbons (Fsp3) is 0.417. The zero-order valence-corrected chi connectivity index (χ0v) is 11.0. The third-order valence-electron chi connectivity index (χ3n) is 2.86. The van der Waals surface area contributed by atoms with Gasteiger partial charge in [0.05, 0.1) is 16.0 Å². The summed E-state index contributed by atoms with van der Waals surface area (Å²) in [4.78, 5) is 11.7. The number of aliphatic hydroxyl groups is 1. The first kappa shape index (κ1) is 13.9. The van der Waals surface area contributed by atoms with E-state index in [2.05, 4.69) is 0 Å². The minimum Gasteiger partial charge on any atom is -0.379 e. The van der Waals surface area contributed by atoms with Crippen LogP contribution in [0.15, 0.2) is 29.2 Å². The monoisotopic (exact) mass is 255 g/mol. The molecule has 0 spiro atoms. The topological polar surface area (TPSA) is 80.4 Å². The third-order valence-corrected chi connectivity index (χ3v) is 4.70. The van der Waals surface area contributed by atoms with E-state index in [1.807, 2.05) is 19.1 Å². The van der Waals surface area contributed by atoms with Crippen molar-refractivity contribution in [3.05, 3.63) is 29.8 Å². The molecule has 17 heavy (non-hydrogen) atoms. The minimum atomic E-state index is -1.78. The Morgan fingerprint density at radius 1 is 1.41 bits per heavy atom. The van der Waals surface area contributed by atoms with E-state index in [1.54, 1.807) is 19.1 Å². The highest BCUT2D eigenvalue weighted by Crippen LogP contribution is 2.21. The molecule has 0 aliphatic heterocycles. The summed E-state index contributed by atoms with van der Waals surface area (Å²) in [6, 6.07) is 7.11. The van der Waals surface area contributed by atoms with E-state index in [-0.39, 0.29) is 0 Å². The molecule has 0 fully saturated rings. The number of primary amides is 1. The van der Waals surface area contributed by atoms with Gasteiger partial charge in [-0.15, -0.1) is 0 Å². The molecule has 2 unspecified atom stereocenters. The van der Waals surface area contributed by atoms with Crippen molar-refractivity contribution >= 4 is 16.7 Å². The van der Waals surface area contributed by atoms with Crippen LogP contribution in [0.1, 0.15) is 19.4 Å². The first-order chi connectivity index (χ1) is 7.76. The van der Waals surface area contributed by atoms with Crippen LogP contribution in [-0.4, -0.2) is 26.1 Å². The van der Waals surface area contributed by atoms with Gasteiger partial charge in [0.1, 0.15) is 0 Å². The summed E-state index contributed by atoms with van der Waals surface area (Å²) < 4.78 is 12.2. The number of nitrogens with two attached hydrogens (primary N) is 1. The second kappa shape index (κ2) is 4.98. The van der Waals surface area contributed by atoms with Crippen molar-refractivity contribution in [3.8, 4) is 0 Å². The zero-order chi connectivity index (χ0) is 13.2. The molecule has 1 aromatic carbocycles. The highest BCUT2D eigenvalue weighted by atomic mass is 32.2. The number of hydrogen-bond acceptors (Lipinski definition) is 3. The molecular formula is C12H17NO3S. The average molecular weight is 255 g/mol. The van der Waals surface area contributed by atoms with Crippen LogP contribution in [-0.2, 0) is 15.6 Å². The number of carbonyl (C=O) groups is 1. The molecule has 5 heteroatoms. The van der Waals surface area contributed by atoms with Gasteiger partial charge in [-0.3, -0.25) is 9.00 Å². The lowest BCUT2D eigenvalue weighted by Gasteiger charge is -2.26. The van der Waals surface area contributed by atoms with Crippen LogP contribution in [0.4, 0.5) is 0 Å². The quantitative estimate of drug-likeness (QED) is 0.832. The highest BCUT2D eigenvalue weighted by molar-refractivity contribution is 7.85. The Bertz CT molecular complexity index is 440. The van der Waals surface area contributed by atoms with Gasteiger partial charge >= 0.3 is 0 Å². The largest absolute Gasteiger partial charge is 0.379 e. The molecule has 0 heterocycles. The smallest absolute Gasteiger partial charge is 0.250 e. The Hall–Kier alpha value is -1.20. The molecular weight excluding hydrogens is 238 g/mol. The van der Waals surface area contributed by atoms with Gasteiger partial charge < -0.3 is 10.8 Å². The van der Waals surface area contributed by atoms with E-state index < -0.39 is 27.6 Å². The van der Waals surface area contributed by atoms with Gasteiger partial charge in [0, 0.05) is 4.90 Å². The molecule has 3 atom stereocenters. The van der Waals surface area contributed by atoms with Gasteiger partial charge in [-0.25, -0.2) is 0 Å². The van der Waals surface area contributed by atoms with E-state index in [1.165, 1.54) is 6.92 Å². The van der Waals surface area contributed by atoms with Crippen molar-refractivity contribution in [1.82, 2.24) is 0 Å². The molecule has 3 N–H and O–H groups in total. The highest BCUT2D eigenvalue weighted by Gasteiger charge is 2.38. The third kappa shape index (κ3) is 2.92. The lowest BCUT2D eigenvalue weighted by atomic mass is 10.0. The van der Waals surface area contributed by atoms with Crippen molar-refractivity contribution in [3.63, 3.8) is 0 Å². The fourth-order valence-electron chi connectivity index (χ4n) is 1.29. The van der Waals surface area contributed by atoms with Crippen LogP contribution >= 0.6 is 0 Å². The first-order valence-electron chi connectivity index (χ1n) is 5.26. The molecule has 94 valence electrons. The first-order valence-corrected chi connectivity index (χ1v) is 6.47. The Labute approximate surface area is 103 Å². The second-order valence-corrected chi connectivity index (χ2v) is 6.04. The summed E-state index contributed by atoms with van der Waals surface area (Å²) in [5, 5.41) is 9.12. The van der Waals surface area contributed by atoms with Crippen LogP contribution in [0.5, 0.6) is 0 Å². The van der Waals surface area contributed by atoms with Crippen molar-refractivity contribution in [2.75, 3.05) is 0 Å². The van der Waals surface area contributed by atoms with Crippen LogP contribution in [0.3, 0.4) is 0 Å². The van der Waals surface area contributed by atoms with Gasteiger partial charge in [-0.1, -0.05) is 17.7 Å². The minimum absolute atomic E-state index is 0.574. The summed E-state index contributed by atoms with van der Waals surface area (Å²) in [5.41, 5.74) is 4.36. The van der Waals surface area contributed by atoms with E-state index >= 15 is 0 Å². The molecule has 0 aliphatic carbocycles. The van der Waals surface area contributed by atoms with Gasteiger partial charge in [0.25, 0.3) is 0 Å².